The topological polar surface area (TPSA) is 86.6 Å². The van der Waals surface area contributed by atoms with Crippen molar-refractivity contribution in [2.45, 2.75) is 12.5 Å². The number of hydrogen-bond acceptors (Lipinski definition) is 3. The van der Waals surface area contributed by atoms with E-state index in [1.165, 1.54) is 24.3 Å². The Bertz CT molecular complexity index is 487. The number of amides is 1. The Morgan fingerprint density at radius 2 is 2.17 bits per heavy atom. The maximum atomic E-state index is 11.8. The van der Waals surface area contributed by atoms with Crippen LogP contribution in [0.3, 0.4) is 0 Å². The molecule has 0 aliphatic heterocycles. The fourth-order valence-electron chi connectivity index (χ4n) is 1.31. The minimum atomic E-state index is -1.17. The summed E-state index contributed by atoms with van der Waals surface area (Å²) in [4.78, 5) is 22.7. The normalized spacial score (nSPS) is 11.6. The average molecular weight is 270 g/mol. The fraction of sp³-hybridized carbons (Fsp3) is 0.167. The SMILES string of the molecule is C=CCC(NC(=O)c1cc(O)ccc1Cl)C(=O)O. The number of rotatable bonds is 5. The Balaban J connectivity index is 2.89. The molecule has 0 fully saturated rings. The standard InChI is InChI=1S/C12H12ClNO4/c1-2-3-10(12(17)18)14-11(16)8-6-7(15)4-5-9(8)13/h2,4-6,10,15H,1,3H2,(H,14,16)(H,17,18). The summed E-state index contributed by atoms with van der Waals surface area (Å²) in [5.74, 6) is -1.95. The van der Waals surface area contributed by atoms with E-state index in [-0.39, 0.29) is 22.8 Å². The number of carboxylic acids is 1. The lowest BCUT2D eigenvalue weighted by molar-refractivity contribution is -0.139. The van der Waals surface area contributed by atoms with Gasteiger partial charge in [-0.1, -0.05) is 17.7 Å². The summed E-state index contributed by atoms with van der Waals surface area (Å²) < 4.78 is 0. The van der Waals surface area contributed by atoms with Crippen LogP contribution in [0.15, 0.2) is 30.9 Å². The van der Waals surface area contributed by atoms with Crippen LogP contribution in [0.25, 0.3) is 0 Å². The van der Waals surface area contributed by atoms with Gasteiger partial charge in [0.05, 0.1) is 10.6 Å². The molecule has 1 aromatic rings. The molecule has 1 aromatic carbocycles. The van der Waals surface area contributed by atoms with Gasteiger partial charge < -0.3 is 15.5 Å². The summed E-state index contributed by atoms with van der Waals surface area (Å²) in [6, 6.07) is 2.78. The zero-order valence-corrected chi connectivity index (χ0v) is 10.1. The zero-order valence-electron chi connectivity index (χ0n) is 9.39. The van der Waals surface area contributed by atoms with E-state index < -0.39 is 17.9 Å². The van der Waals surface area contributed by atoms with Crippen molar-refractivity contribution in [2.75, 3.05) is 0 Å². The molecule has 0 saturated carbocycles. The molecule has 0 aromatic heterocycles. The van der Waals surface area contributed by atoms with Crippen LogP contribution in [-0.2, 0) is 4.79 Å². The number of carbonyl (C=O) groups excluding carboxylic acids is 1. The van der Waals surface area contributed by atoms with Gasteiger partial charge in [-0.25, -0.2) is 4.79 Å². The molecule has 5 nitrogen and oxygen atoms in total. The van der Waals surface area contributed by atoms with Crippen molar-refractivity contribution in [1.82, 2.24) is 5.32 Å². The monoisotopic (exact) mass is 269 g/mol. The van der Waals surface area contributed by atoms with Crippen LogP contribution in [0.4, 0.5) is 0 Å². The third-order valence-corrected chi connectivity index (χ3v) is 2.53. The Morgan fingerprint density at radius 3 is 2.72 bits per heavy atom. The molecule has 1 atom stereocenters. The largest absolute Gasteiger partial charge is 0.508 e. The molecule has 0 spiro atoms. The van der Waals surface area contributed by atoms with Crippen molar-refractivity contribution in [3.8, 4) is 5.75 Å². The number of phenols is 1. The second kappa shape index (κ2) is 6.07. The molecule has 0 heterocycles. The minimum absolute atomic E-state index is 0.0204. The highest BCUT2D eigenvalue weighted by atomic mass is 35.5. The Morgan fingerprint density at radius 1 is 1.50 bits per heavy atom. The molecular formula is C12H12ClNO4. The number of aromatic hydroxyl groups is 1. The van der Waals surface area contributed by atoms with Crippen LogP contribution in [-0.4, -0.2) is 28.1 Å². The van der Waals surface area contributed by atoms with Crippen LogP contribution >= 0.6 is 11.6 Å². The maximum Gasteiger partial charge on any atom is 0.326 e. The average Bonchev–Trinajstić information content (AvgIpc) is 2.31. The number of halogens is 1. The predicted octanol–water partition coefficient (Wildman–Crippen LogP) is 1.80. The first-order valence-corrected chi connectivity index (χ1v) is 5.46. The minimum Gasteiger partial charge on any atom is -0.508 e. The number of carbonyl (C=O) groups is 2. The number of hydrogen-bond donors (Lipinski definition) is 3. The van der Waals surface area contributed by atoms with Crippen LogP contribution in [0.1, 0.15) is 16.8 Å². The summed E-state index contributed by atoms with van der Waals surface area (Å²) in [6.45, 7) is 3.41. The van der Waals surface area contributed by atoms with Gasteiger partial charge in [-0.15, -0.1) is 6.58 Å². The number of aliphatic carboxylic acids is 1. The van der Waals surface area contributed by atoms with E-state index >= 15 is 0 Å². The van der Waals surface area contributed by atoms with Crippen LogP contribution in [0.2, 0.25) is 5.02 Å². The first-order valence-electron chi connectivity index (χ1n) is 5.08. The van der Waals surface area contributed by atoms with Gasteiger partial charge in [-0.3, -0.25) is 4.79 Å². The highest BCUT2D eigenvalue weighted by molar-refractivity contribution is 6.33. The lowest BCUT2D eigenvalue weighted by Crippen LogP contribution is -2.40. The van der Waals surface area contributed by atoms with Crippen LogP contribution in [0.5, 0.6) is 5.75 Å². The van der Waals surface area contributed by atoms with Gasteiger partial charge in [-0.2, -0.15) is 0 Å². The first kappa shape index (κ1) is 14.1. The molecule has 1 amide bonds. The molecule has 96 valence electrons. The van der Waals surface area contributed by atoms with Crippen molar-refractivity contribution < 1.29 is 19.8 Å². The summed E-state index contributed by atoms with van der Waals surface area (Å²) in [5.41, 5.74) is 0.0204. The highest BCUT2D eigenvalue weighted by Gasteiger charge is 2.20. The van der Waals surface area contributed by atoms with E-state index in [1.54, 1.807) is 0 Å². The Kier molecular flexibility index (Phi) is 4.74. The van der Waals surface area contributed by atoms with E-state index in [9.17, 15) is 14.7 Å². The van der Waals surface area contributed by atoms with E-state index in [2.05, 4.69) is 11.9 Å². The number of benzene rings is 1. The molecule has 0 aliphatic carbocycles. The second-order valence-corrected chi connectivity index (χ2v) is 3.96. The molecule has 6 heteroatoms. The number of nitrogens with one attached hydrogen (secondary N) is 1. The van der Waals surface area contributed by atoms with Crippen molar-refractivity contribution in [3.63, 3.8) is 0 Å². The number of carboxylic acid groups (broad SMARTS) is 1. The molecule has 0 radical (unpaired) electrons. The van der Waals surface area contributed by atoms with Crippen molar-refractivity contribution >= 4 is 23.5 Å². The van der Waals surface area contributed by atoms with Gasteiger partial charge in [0.2, 0.25) is 0 Å². The molecule has 18 heavy (non-hydrogen) atoms. The van der Waals surface area contributed by atoms with Crippen molar-refractivity contribution in [2.24, 2.45) is 0 Å². The van der Waals surface area contributed by atoms with Crippen LogP contribution in [0, 0.1) is 0 Å². The molecule has 1 unspecified atom stereocenters. The first-order chi connectivity index (χ1) is 8.45. The predicted molar refractivity (Wildman–Crippen MR) is 66.8 cm³/mol. The van der Waals surface area contributed by atoms with Gasteiger partial charge in [0.25, 0.3) is 5.91 Å². The smallest absolute Gasteiger partial charge is 0.326 e. The fourth-order valence-corrected chi connectivity index (χ4v) is 1.51. The molecular weight excluding hydrogens is 258 g/mol. The summed E-state index contributed by atoms with van der Waals surface area (Å²) in [7, 11) is 0. The highest BCUT2D eigenvalue weighted by Crippen LogP contribution is 2.21. The third-order valence-electron chi connectivity index (χ3n) is 2.20. The maximum absolute atomic E-state index is 11.8. The van der Waals surface area contributed by atoms with Gasteiger partial charge in [0, 0.05) is 0 Å². The van der Waals surface area contributed by atoms with Gasteiger partial charge >= 0.3 is 5.97 Å². The Labute approximate surface area is 109 Å². The quantitative estimate of drug-likeness (QED) is 0.712. The molecule has 3 N–H and O–H groups in total. The van der Waals surface area contributed by atoms with E-state index in [4.69, 9.17) is 16.7 Å². The van der Waals surface area contributed by atoms with E-state index in [0.717, 1.165) is 0 Å². The molecule has 0 aliphatic rings. The lowest BCUT2D eigenvalue weighted by Gasteiger charge is -2.13. The summed E-state index contributed by atoms with van der Waals surface area (Å²) in [5, 5.41) is 20.6. The summed E-state index contributed by atoms with van der Waals surface area (Å²) in [6.07, 6.45) is 1.49. The van der Waals surface area contributed by atoms with E-state index in [1.807, 2.05) is 0 Å². The molecule has 1 rings (SSSR count). The zero-order chi connectivity index (χ0) is 13.7. The number of phenolic OH excluding ortho intramolecular Hbond substituents is 1. The van der Waals surface area contributed by atoms with Gasteiger partial charge in [-0.05, 0) is 24.6 Å². The van der Waals surface area contributed by atoms with Gasteiger partial charge in [0.15, 0.2) is 0 Å². The molecule has 0 saturated heterocycles. The van der Waals surface area contributed by atoms with Crippen LogP contribution < -0.4 is 5.32 Å². The third kappa shape index (κ3) is 3.49. The van der Waals surface area contributed by atoms with Crippen molar-refractivity contribution in [3.05, 3.63) is 41.4 Å². The van der Waals surface area contributed by atoms with Crippen molar-refractivity contribution in [1.29, 1.82) is 0 Å². The lowest BCUT2D eigenvalue weighted by atomic mass is 10.1. The second-order valence-electron chi connectivity index (χ2n) is 3.55. The summed E-state index contributed by atoms with van der Waals surface area (Å²) >= 11 is 5.79. The molecule has 0 bridgehead atoms. The van der Waals surface area contributed by atoms with Gasteiger partial charge in [0.1, 0.15) is 11.8 Å². The Hall–Kier alpha value is -2.01. The van der Waals surface area contributed by atoms with E-state index in [0.29, 0.717) is 0 Å².